The van der Waals surface area contributed by atoms with Gasteiger partial charge in [0.1, 0.15) is 0 Å². The molecular formula is C12H17NO4. The summed E-state index contributed by atoms with van der Waals surface area (Å²) in [7, 11) is 1.90. The van der Waals surface area contributed by atoms with Crippen molar-refractivity contribution in [2.45, 2.75) is 12.8 Å². The minimum Gasteiger partial charge on any atom is -0.475 e. The fourth-order valence-electron chi connectivity index (χ4n) is 2.08. The van der Waals surface area contributed by atoms with Crippen molar-refractivity contribution in [2.24, 2.45) is 5.92 Å². The summed E-state index contributed by atoms with van der Waals surface area (Å²) in [6.45, 7) is 2.45. The van der Waals surface area contributed by atoms with Gasteiger partial charge in [-0.05, 0) is 24.8 Å². The summed E-state index contributed by atoms with van der Waals surface area (Å²) >= 11 is 0. The van der Waals surface area contributed by atoms with E-state index in [1.165, 1.54) is 6.07 Å². The zero-order chi connectivity index (χ0) is 12.3. The third kappa shape index (κ3) is 3.00. The SMILES string of the molecule is CN(CC1CCCOC1)c1ccc(C(=O)O)o1. The van der Waals surface area contributed by atoms with Gasteiger partial charge in [0.05, 0.1) is 6.61 Å². The second-order valence-corrected chi connectivity index (χ2v) is 4.41. The second kappa shape index (κ2) is 5.23. The van der Waals surface area contributed by atoms with Crippen LogP contribution in [0.5, 0.6) is 0 Å². The van der Waals surface area contributed by atoms with Crippen LogP contribution in [-0.2, 0) is 4.74 Å². The molecule has 17 heavy (non-hydrogen) atoms. The number of carboxylic acid groups (broad SMARTS) is 1. The second-order valence-electron chi connectivity index (χ2n) is 4.41. The van der Waals surface area contributed by atoms with Crippen LogP contribution in [0.1, 0.15) is 23.4 Å². The Labute approximate surface area is 100.0 Å². The molecule has 0 amide bonds. The maximum absolute atomic E-state index is 10.7. The number of carboxylic acids is 1. The average Bonchev–Trinajstić information content (AvgIpc) is 2.79. The summed E-state index contributed by atoms with van der Waals surface area (Å²) in [5, 5.41) is 8.77. The molecule has 2 heterocycles. The van der Waals surface area contributed by atoms with E-state index in [1.54, 1.807) is 6.07 Å². The smallest absolute Gasteiger partial charge is 0.371 e. The lowest BCUT2D eigenvalue weighted by Gasteiger charge is -2.26. The van der Waals surface area contributed by atoms with Gasteiger partial charge in [-0.3, -0.25) is 0 Å². The van der Waals surface area contributed by atoms with E-state index in [0.717, 1.165) is 32.6 Å². The van der Waals surface area contributed by atoms with Gasteiger partial charge in [0, 0.05) is 26.3 Å². The maximum Gasteiger partial charge on any atom is 0.371 e. The third-order valence-electron chi connectivity index (χ3n) is 2.97. The molecule has 1 aliphatic heterocycles. The molecule has 1 N–H and O–H groups in total. The summed E-state index contributed by atoms with van der Waals surface area (Å²) in [6, 6.07) is 3.17. The summed E-state index contributed by atoms with van der Waals surface area (Å²) in [6.07, 6.45) is 2.24. The fourth-order valence-corrected chi connectivity index (χ4v) is 2.08. The molecular weight excluding hydrogens is 222 g/mol. The van der Waals surface area contributed by atoms with E-state index < -0.39 is 5.97 Å². The normalized spacial score (nSPS) is 20.2. The van der Waals surface area contributed by atoms with Crippen LogP contribution in [0, 0.1) is 5.92 Å². The maximum atomic E-state index is 10.7. The Balaban J connectivity index is 1.93. The number of hydrogen-bond acceptors (Lipinski definition) is 4. The third-order valence-corrected chi connectivity index (χ3v) is 2.97. The molecule has 0 radical (unpaired) electrons. The molecule has 1 saturated heterocycles. The van der Waals surface area contributed by atoms with Gasteiger partial charge in [0.25, 0.3) is 0 Å². The standard InChI is InChI=1S/C12H17NO4/c1-13(7-9-3-2-6-16-8-9)11-5-4-10(17-11)12(14)15/h4-5,9H,2-3,6-8H2,1H3,(H,14,15). The summed E-state index contributed by atoms with van der Waals surface area (Å²) in [4.78, 5) is 12.6. The summed E-state index contributed by atoms with van der Waals surface area (Å²) < 4.78 is 10.6. The highest BCUT2D eigenvalue weighted by molar-refractivity contribution is 5.84. The van der Waals surface area contributed by atoms with E-state index >= 15 is 0 Å². The first kappa shape index (κ1) is 12.0. The zero-order valence-corrected chi connectivity index (χ0v) is 9.89. The molecule has 2 rings (SSSR count). The van der Waals surface area contributed by atoms with Crippen molar-refractivity contribution in [2.75, 3.05) is 31.7 Å². The van der Waals surface area contributed by atoms with Gasteiger partial charge >= 0.3 is 5.97 Å². The van der Waals surface area contributed by atoms with Crippen LogP contribution in [0.3, 0.4) is 0 Å². The van der Waals surface area contributed by atoms with Crippen LogP contribution in [0.4, 0.5) is 5.88 Å². The highest BCUT2D eigenvalue weighted by Gasteiger charge is 2.18. The van der Waals surface area contributed by atoms with E-state index in [-0.39, 0.29) is 5.76 Å². The quantitative estimate of drug-likeness (QED) is 0.868. The molecule has 5 heteroatoms. The first-order valence-corrected chi connectivity index (χ1v) is 5.79. The van der Waals surface area contributed by atoms with E-state index in [1.807, 2.05) is 11.9 Å². The van der Waals surface area contributed by atoms with Crippen molar-refractivity contribution in [3.63, 3.8) is 0 Å². The summed E-state index contributed by atoms with van der Waals surface area (Å²) in [5.74, 6) is 0.0255. The van der Waals surface area contributed by atoms with Gasteiger partial charge in [-0.25, -0.2) is 4.79 Å². The topological polar surface area (TPSA) is 62.9 Å². The lowest BCUT2D eigenvalue weighted by atomic mass is 10.0. The Kier molecular flexibility index (Phi) is 3.68. The molecule has 1 aromatic rings. The highest BCUT2D eigenvalue weighted by atomic mass is 16.5. The van der Waals surface area contributed by atoms with Gasteiger partial charge in [-0.15, -0.1) is 0 Å². The predicted octanol–water partition coefficient (Wildman–Crippen LogP) is 1.84. The van der Waals surface area contributed by atoms with Crippen LogP contribution in [0.2, 0.25) is 0 Å². The van der Waals surface area contributed by atoms with Gasteiger partial charge in [-0.1, -0.05) is 0 Å². The Hall–Kier alpha value is -1.49. The molecule has 0 bridgehead atoms. The highest BCUT2D eigenvalue weighted by Crippen LogP contribution is 2.21. The number of furan rings is 1. The van der Waals surface area contributed by atoms with E-state index in [4.69, 9.17) is 14.3 Å². The first-order chi connectivity index (χ1) is 8.16. The van der Waals surface area contributed by atoms with Gasteiger partial charge in [0.2, 0.25) is 5.76 Å². The van der Waals surface area contributed by atoms with Gasteiger partial charge in [0.15, 0.2) is 5.88 Å². The molecule has 1 atom stereocenters. The zero-order valence-electron chi connectivity index (χ0n) is 9.89. The molecule has 5 nitrogen and oxygen atoms in total. The monoisotopic (exact) mass is 239 g/mol. The average molecular weight is 239 g/mol. The van der Waals surface area contributed by atoms with E-state index in [9.17, 15) is 4.79 Å². The van der Waals surface area contributed by atoms with E-state index in [2.05, 4.69) is 0 Å². The van der Waals surface area contributed by atoms with Crippen LogP contribution < -0.4 is 4.90 Å². The Morgan fingerprint density at radius 1 is 1.59 bits per heavy atom. The largest absolute Gasteiger partial charge is 0.475 e. The molecule has 1 fully saturated rings. The van der Waals surface area contributed by atoms with Gasteiger partial charge < -0.3 is 19.2 Å². The molecule has 0 aliphatic carbocycles. The molecule has 0 aromatic carbocycles. The van der Waals surface area contributed by atoms with Crippen LogP contribution in [0.15, 0.2) is 16.5 Å². The number of anilines is 1. The number of hydrogen-bond donors (Lipinski definition) is 1. The van der Waals surface area contributed by atoms with Crippen molar-refractivity contribution < 1.29 is 19.1 Å². The van der Waals surface area contributed by atoms with E-state index in [0.29, 0.717) is 11.8 Å². The van der Waals surface area contributed by atoms with Crippen LogP contribution in [-0.4, -0.2) is 37.9 Å². The Morgan fingerprint density at radius 2 is 2.41 bits per heavy atom. The number of nitrogens with zero attached hydrogens (tertiary/aromatic N) is 1. The first-order valence-electron chi connectivity index (χ1n) is 5.79. The number of ether oxygens (including phenoxy) is 1. The Bertz CT molecular complexity index is 382. The minimum absolute atomic E-state index is 0.0215. The fraction of sp³-hybridized carbons (Fsp3) is 0.583. The molecule has 94 valence electrons. The van der Waals surface area contributed by atoms with Crippen molar-refractivity contribution >= 4 is 11.9 Å². The van der Waals surface area contributed by atoms with Crippen LogP contribution >= 0.6 is 0 Å². The molecule has 0 spiro atoms. The van der Waals surface area contributed by atoms with Crippen molar-refractivity contribution in [3.8, 4) is 0 Å². The van der Waals surface area contributed by atoms with Crippen LogP contribution in [0.25, 0.3) is 0 Å². The predicted molar refractivity (Wildman–Crippen MR) is 62.5 cm³/mol. The Morgan fingerprint density at radius 3 is 3.00 bits per heavy atom. The van der Waals surface area contributed by atoms with Gasteiger partial charge in [-0.2, -0.15) is 0 Å². The molecule has 1 aliphatic rings. The molecule has 1 aromatic heterocycles. The molecule has 0 saturated carbocycles. The van der Waals surface area contributed by atoms with Crippen molar-refractivity contribution in [1.82, 2.24) is 0 Å². The lowest BCUT2D eigenvalue weighted by Crippen LogP contribution is -2.30. The number of rotatable bonds is 4. The van der Waals surface area contributed by atoms with Crippen molar-refractivity contribution in [1.29, 1.82) is 0 Å². The summed E-state index contributed by atoms with van der Waals surface area (Å²) in [5.41, 5.74) is 0. The van der Waals surface area contributed by atoms with Crippen molar-refractivity contribution in [3.05, 3.63) is 17.9 Å². The molecule has 1 unspecified atom stereocenters. The minimum atomic E-state index is -1.04. The number of carbonyl (C=O) groups is 1. The number of aromatic carboxylic acids is 1. The lowest BCUT2D eigenvalue weighted by molar-refractivity contribution is 0.0572.